The van der Waals surface area contributed by atoms with Crippen LogP contribution in [0.2, 0.25) is 0 Å². The smallest absolute Gasteiger partial charge is 0.203 e. The lowest BCUT2D eigenvalue weighted by molar-refractivity contribution is 0.254. The predicted molar refractivity (Wildman–Crippen MR) is 85.5 cm³/mol. The lowest BCUT2D eigenvalue weighted by Crippen LogP contribution is -2.46. The number of pyridine rings is 1. The van der Waals surface area contributed by atoms with E-state index in [1.165, 1.54) is 11.3 Å². The summed E-state index contributed by atoms with van der Waals surface area (Å²) in [6, 6.07) is 6.08. The molecular weight excluding hydrogens is 284 g/mol. The molecule has 1 fully saturated rings. The van der Waals surface area contributed by atoms with Gasteiger partial charge in [0.2, 0.25) is 5.13 Å². The monoisotopic (exact) mass is 304 g/mol. The van der Waals surface area contributed by atoms with Crippen LogP contribution in [0.25, 0.3) is 0 Å². The number of hydrogen-bond donors (Lipinski definition) is 1. The van der Waals surface area contributed by atoms with Crippen molar-refractivity contribution in [1.82, 2.24) is 20.1 Å². The maximum atomic E-state index is 5.59. The molecule has 3 rings (SSSR count). The second-order valence-electron chi connectivity index (χ2n) is 5.15. The van der Waals surface area contributed by atoms with E-state index in [2.05, 4.69) is 31.0 Å². The van der Waals surface area contributed by atoms with E-state index in [9.17, 15) is 0 Å². The molecule has 7 heteroatoms. The Morgan fingerprint density at radius 2 is 2.00 bits per heavy atom. The summed E-state index contributed by atoms with van der Waals surface area (Å²) in [5, 5.41) is 9.51. The van der Waals surface area contributed by atoms with Gasteiger partial charge in [-0.1, -0.05) is 17.4 Å². The summed E-state index contributed by atoms with van der Waals surface area (Å²) in [7, 11) is 0. The van der Waals surface area contributed by atoms with E-state index in [4.69, 9.17) is 5.73 Å². The minimum atomic E-state index is 0.564. The molecule has 2 aromatic heterocycles. The minimum Gasteiger partial charge on any atom is -0.374 e. The van der Waals surface area contributed by atoms with Gasteiger partial charge in [-0.2, -0.15) is 0 Å². The summed E-state index contributed by atoms with van der Waals surface area (Å²) in [4.78, 5) is 9.27. The second kappa shape index (κ2) is 6.82. The van der Waals surface area contributed by atoms with Crippen LogP contribution in [0.15, 0.2) is 24.4 Å². The van der Waals surface area contributed by atoms with Gasteiger partial charge in [0, 0.05) is 38.8 Å². The standard InChI is InChI=1S/C14H20N6S/c15-14-18-17-13(21-14)5-3-7-19-8-10-20(11-9-19)12-4-1-2-6-16-12/h1-2,4,6H,3,5,7-11H2,(H2,15,18). The van der Waals surface area contributed by atoms with Crippen molar-refractivity contribution < 1.29 is 0 Å². The van der Waals surface area contributed by atoms with Crippen LogP contribution in [0.3, 0.4) is 0 Å². The first-order valence-electron chi connectivity index (χ1n) is 7.27. The van der Waals surface area contributed by atoms with Crippen molar-refractivity contribution >= 4 is 22.3 Å². The predicted octanol–water partition coefficient (Wildman–Crippen LogP) is 1.27. The normalized spacial score (nSPS) is 16.3. The minimum absolute atomic E-state index is 0.564. The molecule has 1 saturated heterocycles. The Morgan fingerprint density at radius 1 is 1.14 bits per heavy atom. The Morgan fingerprint density at radius 3 is 2.67 bits per heavy atom. The molecule has 0 radical (unpaired) electrons. The van der Waals surface area contributed by atoms with Crippen molar-refractivity contribution in [2.24, 2.45) is 0 Å². The summed E-state index contributed by atoms with van der Waals surface area (Å²) < 4.78 is 0. The summed E-state index contributed by atoms with van der Waals surface area (Å²) in [6.45, 7) is 5.38. The highest BCUT2D eigenvalue weighted by Crippen LogP contribution is 2.15. The van der Waals surface area contributed by atoms with Crippen LogP contribution in [0.1, 0.15) is 11.4 Å². The van der Waals surface area contributed by atoms with Crippen molar-refractivity contribution in [2.45, 2.75) is 12.8 Å². The summed E-state index contributed by atoms with van der Waals surface area (Å²) in [5.41, 5.74) is 5.59. The number of anilines is 2. The highest BCUT2D eigenvalue weighted by Gasteiger charge is 2.17. The van der Waals surface area contributed by atoms with Crippen molar-refractivity contribution in [2.75, 3.05) is 43.4 Å². The molecule has 0 atom stereocenters. The molecule has 3 heterocycles. The van der Waals surface area contributed by atoms with Gasteiger partial charge in [-0.25, -0.2) is 4.98 Å². The molecule has 0 unspecified atom stereocenters. The highest BCUT2D eigenvalue weighted by molar-refractivity contribution is 7.15. The van der Waals surface area contributed by atoms with E-state index in [1.54, 1.807) is 0 Å². The summed E-state index contributed by atoms with van der Waals surface area (Å²) in [6.07, 6.45) is 3.93. The van der Waals surface area contributed by atoms with Gasteiger partial charge in [-0.3, -0.25) is 4.90 Å². The van der Waals surface area contributed by atoms with Crippen LogP contribution in [0.5, 0.6) is 0 Å². The summed E-state index contributed by atoms with van der Waals surface area (Å²) >= 11 is 1.49. The number of rotatable bonds is 5. The van der Waals surface area contributed by atoms with Gasteiger partial charge in [0.05, 0.1) is 0 Å². The molecule has 0 saturated carbocycles. The maximum Gasteiger partial charge on any atom is 0.203 e. The highest BCUT2D eigenvalue weighted by atomic mass is 32.1. The van der Waals surface area contributed by atoms with E-state index in [1.807, 2.05) is 18.3 Å². The molecular formula is C14H20N6S. The molecule has 0 aromatic carbocycles. The molecule has 2 aromatic rings. The Bertz CT molecular complexity index is 550. The number of piperazine rings is 1. The SMILES string of the molecule is Nc1nnc(CCCN2CCN(c3ccccn3)CC2)s1. The van der Waals surface area contributed by atoms with E-state index < -0.39 is 0 Å². The fourth-order valence-corrected chi connectivity index (χ4v) is 3.21. The average molecular weight is 304 g/mol. The quantitative estimate of drug-likeness (QED) is 0.897. The molecule has 0 bridgehead atoms. The van der Waals surface area contributed by atoms with Crippen molar-refractivity contribution in [3.05, 3.63) is 29.4 Å². The topological polar surface area (TPSA) is 71.2 Å². The molecule has 2 N–H and O–H groups in total. The number of nitrogens with two attached hydrogens (primary N) is 1. The Balaban J connectivity index is 1.40. The van der Waals surface area contributed by atoms with Crippen molar-refractivity contribution in [3.8, 4) is 0 Å². The van der Waals surface area contributed by atoms with Gasteiger partial charge in [-0.15, -0.1) is 10.2 Å². The third kappa shape index (κ3) is 3.89. The van der Waals surface area contributed by atoms with Crippen LogP contribution in [0, 0.1) is 0 Å². The molecule has 112 valence electrons. The average Bonchev–Trinajstić information content (AvgIpc) is 2.94. The van der Waals surface area contributed by atoms with E-state index in [0.29, 0.717) is 5.13 Å². The molecule has 1 aliphatic rings. The number of aryl methyl sites for hydroxylation is 1. The van der Waals surface area contributed by atoms with E-state index >= 15 is 0 Å². The van der Waals surface area contributed by atoms with Crippen LogP contribution in [0.4, 0.5) is 10.9 Å². The molecule has 21 heavy (non-hydrogen) atoms. The molecule has 1 aliphatic heterocycles. The lowest BCUT2D eigenvalue weighted by Gasteiger charge is -2.35. The van der Waals surface area contributed by atoms with Gasteiger partial charge in [0.15, 0.2) is 0 Å². The Hall–Kier alpha value is -1.73. The lowest BCUT2D eigenvalue weighted by atomic mass is 10.2. The number of hydrogen-bond acceptors (Lipinski definition) is 7. The third-order valence-corrected chi connectivity index (χ3v) is 4.51. The number of nitrogen functional groups attached to an aromatic ring is 1. The van der Waals surface area contributed by atoms with Gasteiger partial charge in [0.1, 0.15) is 10.8 Å². The van der Waals surface area contributed by atoms with E-state index in [0.717, 1.165) is 56.4 Å². The van der Waals surface area contributed by atoms with Crippen molar-refractivity contribution in [1.29, 1.82) is 0 Å². The molecule has 0 amide bonds. The number of aromatic nitrogens is 3. The summed E-state index contributed by atoms with van der Waals surface area (Å²) in [5.74, 6) is 1.08. The fraction of sp³-hybridized carbons (Fsp3) is 0.500. The zero-order valence-electron chi connectivity index (χ0n) is 12.0. The van der Waals surface area contributed by atoms with Crippen LogP contribution in [-0.2, 0) is 6.42 Å². The van der Waals surface area contributed by atoms with Crippen LogP contribution < -0.4 is 10.6 Å². The molecule has 6 nitrogen and oxygen atoms in total. The molecule has 0 spiro atoms. The Labute approximate surface area is 128 Å². The third-order valence-electron chi connectivity index (χ3n) is 3.69. The van der Waals surface area contributed by atoms with Gasteiger partial charge in [0.25, 0.3) is 0 Å². The molecule has 0 aliphatic carbocycles. The second-order valence-corrected chi connectivity index (χ2v) is 6.25. The van der Waals surface area contributed by atoms with Crippen LogP contribution >= 0.6 is 11.3 Å². The first-order valence-corrected chi connectivity index (χ1v) is 8.09. The largest absolute Gasteiger partial charge is 0.374 e. The maximum absolute atomic E-state index is 5.59. The Kier molecular flexibility index (Phi) is 4.62. The number of nitrogens with zero attached hydrogens (tertiary/aromatic N) is 5. The van der Waals surface area contributed by atoms with Gasteiger partial charge < -0.3 is 10.6 Å². The fourth-order valence-electron chi connectivity index (χ4n) is 2.56. The van der Waals surface area contributed by atoms with Gasteiger partial charge in [-0.05, 0) is 25.1 Å². The van der Waals surface area contributed by atoms with Crippen molar-refractivity contribution in [3.63, 3.8) is 0 Å². The first kappa shape index (κ1) is 14.2. The zero-order valence-corrected chi connectivity index (χ0v) is 12.8. The first-order chi connectivity index (χ1) is 10.3. The zero-order chi connectivity index (χ0) is 14.5. The van der Waals surface area contributed by atoms with E-state index in [-0.39, 0.29) is 0 Å². The van der Waals surface area contributed by atoms with Crippen LogP contribution in [-0.4, -0.2) is 52.8 Å². The van der Waals surface area contributed by atoms with Gasteiger partial charge >= 0.3 is 0 Å².